The number of carbonyl (C=O) groups is 2. The zero-order valence-corrected chi connectivity index (χ0v) is 13.5. The van der Waals surface area contributed by atoms with Gasteiger partial charge in [0.25, 0.3) is 5.91 Å². The maximum Gasteiger partial charge on any atom is 0.257 e. The van der Waals surface area contributed by atoms with Gasteiger partial charge in [0, 0.05) is 17.3 Å². The van der Waals surface area contributed by atoms with Crippen LogP contribution in [0.2, 0.25) is 5.02 Å². The normalized spacial score (nSPS) is 13.5. The summed E-state index contributed by atoms with van der Waals surface area (Å²) in [5, 5.41) is 6.18. The van der Waals surface area contributed by atoms with Gasteiger partial charge in [0.05, 0.1) is 10.6 Å². The molecule has 0 heterocycles. The Bertz CT molecular complexity index is 769. The summed E-state index contributed by atoms with van der Waals surface area (Å²) in [5.74, 6) is -0.0946. The second kappa shape index (κ2) is 6.42. The van der Waals surface area contributed by atoms with Crippen LogP contribution in [-0.2, 0) is 4.79 Å². The average molecular weight is 329 g/mol. The Morgan fingerprint density at radius 2 is 1.65 bits per heavy atom. The number of hydrogen-bond donors (Lipinski definition) is 2. The van der Waals surface area contributed by atoms with Gasteiger partial charge in [-0.15, -0.1) is 0 Å². The summed E-state index contributed by atoms with van der Waals surface area (Å²) in [4.78, 5) is 24.3. The van der Waals surface area contributed by atoms with E-state index >= 15 is 0 Å². The second-order valence-electron chi connectivity index (χ2n) is 5.68. The van der Waals surface area contributed by atoms with Crippen molar-refractivity contribution < 1.29 is 9.59 Å². The molecule has 23 heavy (non-hydrogen) atoms. The Labute approximate surface area is 139 Å². The highest BCUT2D eigenvalue weighted by Gasteiger charge is 2.29. The number of nitrogens with one attached hydrogen (secondary N) is 2. The van der Waals surface area contributed by atoms with Crippen molar-refractivity contribution in [3.05, 3.63) is 58.6 Å². The monoisotopic (exact) mass is 328 g/mol. The lowest BCUT2D eigenvalue weighted by Gasteiger charge is -2.14. The fourth-order valence-corrected chi connectivity index (χ4v) is 2.54. The molecule has 1 aliphatic carbocycles. The van der Waals surface area contributed by atoms with Crippen LogP contribution in [0.3, 0.4) is 0 Å². The third kappa shape index (κ3) is 3.54. The van der Waals surface area contributed by atoms with E-state index in [2.05, 4.69) is 10.6 Å². The maximum atomic E-state index is 12.4. The number of carbonyl (C=O) groups excluding carboxylic acids is 2. The summed E-state index contributed by atoms with van der Waals surface area (Å²) in [7, 11) is 0. The molecule has 0 atom stereocenters. The molecular weight excluding hydrogens is 312 g/mol. The van der Waals surface area contributed by atoms with Crippen molar-refractivity contribution >= 4 is 34.8 Å². The molecule has 2 aromatic carbocycles. The standard InChI is InChI=1S/C18H17ClN2O2/c1-11-15(20-17(22)12-9-10-12)7-4-8-16(11)21-18(23)13-5-2-3-6-14(13)19/h2-8,12H,9-10H2,1H3,(H,20,22)(H,21,23). The van der Waals surface area contributed by atoms with E-state index in [4.69, 9.17) is 11.6 Å². The van der Waals surface area contributed by atoms with Gasteiger partial charge in [-0.05, 0) is 49.6 Å². The lowest BCUT2D eigenvalue weighted by Crippen LogP contribution is -2.16. The Morgan fingerprint density at radius 3 is 2.30 bits per heavy atom. The minimum Gasteiger partial charge on any atom is -0.326 e. The lowest BCUT2D eigenvalue weighted by molar-refractivity contribution is -0.117. The first-order valence-corrected chi connectivity index (χ1v) is 7.90. The second-order valence-corrected chi connectivity index (χ2v) is 6.08. The average Bonchev–Trinajstić information content (AvgIpc) is 3.36. The Hall–Kier alpha value is -2.33. The highest BCUT2D eigenvalue weighted by atomic mass is 35.5. The number of benzene rings is 2. The molecule has 2 amide bonds. The first kappa shape index (κ1) is 15.6. The summed E-state index contributed by atoms with van der Waals surface area (Å²) < 4.78 is 0. The molecule has 0 aliphatic heterocycles. The third-order valence-corrected chi connectivity index (χ3v) is 4.24. The smallest absolute Gasteiger partial charge is 0.257 e. The van der Waals surface area contributed by atoms with Gasteiger partial charge in [-0.1, -0.05) is 29.8 Å². The largest absolute Gasteiger partial charge is 0.326 e. The van der Waals surface area contributed by atoms with E-state index in [1.54, 1.807) is 36.4 Å². The lowest BCUT2D eigenvalue weighted by atomic mass is 10.1. The SMILES string of the molecule is Cc1c(NC(=O)c2ccccc2Cl)cccc1NC(=O)C1CC1. The Morgan fingerprint density at radius 1 is 1.00 bits per heavy atom. The van der Waals surface area contributed by atoms with E-state index < -0.39 is 0 Å². The van der Waals surface area contributed by atoms with E-state index in [0.29, 0.717) is 16.3 Å². The fourth-order valence-electron chi connectivity index (χ4n) is 2.32. The minimum atomic E-state index is -0.274. The van der Waals surface area contributed by atoms with Gasteiger partial charge in [0.1, 0.15) is 0 Å². The molecule has 2 aromatic rings. The van der Waals surface area contributed by atoms with Gasteiger partial charge < -0.3 is 10.6 Å². The molecule has 0 saturated heterocycles. The summed E-state index contributed by atoms with van der Waals surface area (Å²) in [6.07, 6.45) is 1.90. The molecule has 4 nitrogen and oxygen atoms in total. The van der Waals surface area contributed by atoms with E-state index in [1.807, 2.05) is 13.0 Å². The summed E-state index contributed by atoms with van der Waals surface area (Å²) in [6, 6.07) is 12.3. The Balaban J connectivity index is 1.79. The van der Waals surface area contributed by atoms with Crippen LogP contribution in [0.1, 0.15) is 28.8 Å². The van der Waals surface area contributed by atoms with E-state index in [-0.39, 0.29) is 17.7 Å². The van der Waals surface area contributed by atoms with Crippen LogP contribution < -0.4 is 10.6 Å². The van der Waals surface area contributed by atoms with Crippen LogP contribution in [0, 0.1) is 12.8 Å². The number of halogens is 1. The molecule has 0 radical (unpaired) electrons. The molecule has 1 fully saturated rings. The first-order valence-electron chi connectivity index (χ1n) is 7.52. The van der Waals surface area contributed by atoms with Crippen molar-refractivity contribution in [1.29, 1.82) is 0 Å². The van der Waals surface area contributed by atoms with E-state index in [1.165, 1.54) is 0 Å². The van der Waals surface area contributed by atoms with E-state index in [9.17, 15) is 9.59 Å². The molecule has 0 aromatic heterocycles. The summed E-state index contributed by atoms with van der Waals surface area (Å²) in [5.41, 5.74) is 2.62. The van der Waals surface area contributed by atoms with Crippen molar-refractivity contribution in [3.8, 4) is 0 Å². The van der Waals surface area contributed by atoms with Gasteiger partial charge in [0.15, 0.2) is 0 Å². The molecule has 0 unspecified atom stereocenters. The highest BCUT2D eigenvalue weighted by molar-refractivity contribution is 6.34. The molecule has 1 aliphatic rings. The topological polar surface area (TPSA) is 58.2 Å². The van der Waals surface area contributed by atoms with Crippen molar-refractivity contribution in [2.24, 2.45) is 5.92 Å². The van der Waals surface area contributed by atoms with Crippen molar-refractivity contribution in [3.63, 3.8) is 0 Å². The Kier molecular flexibility index (Phi) is 4.35. The third-order valence-electron chi connectivity index (χ3n) is 3.91. The minimum absolute atomic E-state index is 0.0441. The van der Waals surface area contributed by atoms with Crippen molar-refractivity contribution in [1.82, 2.24) is 0 Å². The molecule has 3 rings (SSSR count). The number of hydrogen-bond acceptors (Lipinski definition) is 2. The van der Waals surface area contributed by atoms with Gasteiger partial charge >= 0.3 is 0 Å². The summed E-state index contributed by atoms with van der Waals surface area (Å²) in [6.45, 7) is 1.87. The van der Waals surface area contributed by atoms with Crippen LogP contribution in [0.4, 0.5) is 11.4 Å². The number of rotatable bonds is 4. The first-order chi connectivity index (χ1) is 11.1. The van der Waals surface area contributed by atoms with Crippen LogP contribution >= 0.6 is 11.6 Å². The molecule has 118 valence electrons. The number of anilines is 2. The summed E-state index contributed by atoms with van der Waals surface area (Å²) >= 11 is 6.05. The quantitative estimate of drug-likeness (QED) is 0.881. The van der Waals surface area contributed by atoms with Crippen LogP contribution in [-0.4, -0.2) is 11.8 Å². The van der Waals surface area contributed by atoms with Gasteiger partial charge in [-0.3, -0.25) is 9.59 Å². The molecule has 1 saturated carbocycles. The van der Waals surface area contributed by atoms with Crippen LogP contribution in [0.25, 0.3) is 0 Å². The molecule has 0 spiro atoms. The van der Waals surface area contributed by atoms with Crippen molar-refractivity contribution in [2.75, 3.05) is 10.6 Å². The predicted molar refractivity (Wildman–Crippen MR) is 91.9 cm³/mol. The van der Waals surface area contributed by atoms with E-state index in [0.717, 1.165) is 24.1 Å². The molecular formula is C18H17ClN2O2. The van der Waals surface area contributed by atoms with Gasteiger partial charge in [-0.25, -0.2) is 0 Å². The van der Waals surface area contributed by atoms with Gasteiger partial charge in [0.2, 0.25) is 5.91 Å². The van der Waals surface area contributed by atoms with Crippen LogP contribution in [0.15, 0.2) is 42.5 Å². The molecule has 5 heteroatoms. The fraction of sp³-hybridized carbons (Fsp3) is 0.222. The van der Waals surface area contributed by atoms with Crippen LogP contribution in [0.5, 0.6) is 0 Å². The zero-order valence-electron chi connectivity index (χ0n) is 12.7. The zero-order chi connectivity index (χ0) is 16.4. The number of amides is 2. The maximum absolute atomic E-state index is 12.4. The molecule has 2 N–H and O–H groups in total. The van der Waals surface area contributed by atoms with Gasteiger partial charge in [-0.2, -0.15) is 0 Å². The molecule has 0 bridgehead atoms. The highest BCUT2D eigenvalue weighted by Crippen LogP contribution is 2.32. The van der Waals surface area contributed by atoms with Crippen molar-refractivity contribution in [2.45, 2.75) is 19.8 Å². The predicted octanol–water partition coefficient (Wildman–Crippen LogP) is 4.25.